The van der Waals surface area contributed by atoms with E-state index in [1.807, 2.05) is 25.7 Å². The second-order valence-electron chi connectivity index (χ2n) is 7.73. The molecule has 1 saturated heterocycles. The molecule has 2 unspecified atom stereocenters. The van der Waals surface area contributed by atoms with Gasteiger partial charge < -0.3 is 10.4 Å². The molecule has 0 bridgehead atoms. The van der Waals surface area contributed by atoms with Gasteiger partial charge in [0.1, 0.15) is 0 Å². The third-order valence-electron chi connectivity index (χ3n) is 5.93. The Morgan fingerprint density at radius 2 is 1.76 bits per heavy atom. The molecule has 1 aromatic rings. The van der Waals surface area contributed by atoms with Crippen molar-refractivity contribution in [1.29, 1.82) is 0 Å². The summed E-state index contributed by atoms with van der Waals surface area (Å²) in [7, 11) is 0. The average Bonchev–Trinajstić information content (AvgIpc) is 2.71. The van der Waals surface area contributed by atoms with Gasteiger partial charge in [0.15, 0.2) is 0 Å². The van der Waals surface area contributed by atoms with Crippen LogP contribution in [0.25, 0.3) is 0 Å². The Morgan fingerprint density at radius 3 is 2.24 bits per heavy atom. The number of benzene rings is 1. The Labute approximate surface area is 181 Å². The highest BCUT2D eigenvalue weighted by atomic mass is 35.5. The van der Waals surface area contributed by atoms with Gasteiger partial charge in [0.2, 0.25) is 5.91 Å². The van der Waals surface area contributed by atoms with Crippen LogP contribution in [0.5, 0.6) is 0 Å². The highest BCUT2D eigenvalue weighted by Crippen LogP contribution is 2.19. The van der Waals surface area contributed by atoms with Gasteiger partial charge in [-0.2, -0.15) is 0 Å². The lowest BCUT2D eigenvalue weighted by Crippen LogP contribution is -2.52. The Morgan fingerprint density at radius 1 is 1.17 bits per heavy atom. The van der Waals surface area contributed by atoms with E-state index in [9.17, 15) is 9.59 Å². The van der Waals surface area contributed by atoms with E-state index in [0.29, 0.717) is 0 Å². The lowest BCUT2D eigenvalue weighted by Gasteiger charge is -2.39. The first-order chi connectivity index (χ1) is 13.3. The van der Waals surface area contributed by atoms with E-state index in [1.54, 1.807) is 0 Å². The fraction of sp³-hybridized carbons (Fsp3) is 0.636. The second kappa shape index (κ2) is 12.2. The molecule has 6 nitrogen and oxygen atoms in total. The summed E-state index contributed by atoms with van der Waals surface area (Å²) in [5.41, 5.74) is 2.41. The molecule has 7 heteroatoms. The van der Waals surface area contributed by atoms with E-state index in [0.717, 1.165) is 44.5 Å². The molecule has 164 valence electrons. The van der Waals surface area contributed by atoms with Crippen LogP contribution in [-0.4, -0.2) is 65.0 Å². The molecular weight excluding hydrogens is 390 g/mol. The monoisotopic (exact) mass is 425 g/mol. The van der Waals surface area contributed by atoms with Crippen molar-refractivity contribution in [2.45, 2.75) is 65.1 Å². The molecule has 1 fully saturated rings. The number of aliphatic carboxylic acids is 1. The van der Waals surface area contributed by atoms with E-state index in [-0.39, 0.29) is 43.0 Å². The highest BCUT2D eigenvalue weighted by molar-refractivity contribution is 5.85. The first-order valence-corrected chi connectivity index (χ1v) is 10.4. The minimum atomic E-state index is -0.780. The zero-order valence-electron chi connectivity index (χ0n) is 18.1. The zero-order valence-corrected chi connectivity index (χ0v) is 18.9. The Kier molecular flexibility index (Phi) is 10.6. The molecule has 0 spiro atoms. The fourth-order valence-corrected chi connectivity index (χ4v) is 3.94. The number of hydrogen-bond acceptors (Lipinski definition) is 4. The molecule has 1 aromatic carbocycles. The summed E-state index contributed by atoms with van der Waals surface area (Å²) in [6, 6.07) is 8.47. The van der Waals surface area contributed by atoms with Crippen molar-refractivity contribution < 1.29 is 14.7 Å². The van der Waals surface area contributed by atoms with Crippen molar-refractivity contribution in [2.24, 2.45) is 0 Å². The molecule has 2 N–H and O–H groups in total. The first kappa shape index (κ1) is 25.4. The smallest absolute Gasteiger partial charge is 0.317 e. The Hall–Kier alpha value is -1.63. The number of likely N-dealkylation sites (tertiary alicyclic amines) is 1. The maximum atomic E-state index is 12.7. The number of amides is 1. The Balaban J connectivity index is 0.00000420. The Bertz CT molecular complexity index is 645. The van der Waals surface area contributed by atoms with E-state index < -0.39 is 5.97 Å². The van der Waals surface area contributed by atoms with Crippen LogP contribution >= 0.6 is 12.4 Å². The highest BCUT2D eigenvalue weighted by Gasteiger charge is 2.30. The number of halogens is 1. The van der Waals surface area contributed by atoms with Crippen LogP contribution in [0.4, 0.5) is 0 Å². The minimum absolute atomic E-state index is 0. The number of hydrogen-bond donors (Lipinski definition) is 2. The summed E-state index contributed by atoms with van der Waals surface area (Å²) < 4.78 is 0. The minimum Gasteiger partial charge on any atom is -0.480 e. The van der Waals surface area contributed by atoms with Gasteiger partial charge in [0.25, 0.3) is 0 Å². The van der Waals surface area contributed by atoms with Crippen molar-refractivity contribution in [3.05, 3.63) is 35.4 Å². The number of carboxylic acids is 1. The number of likely N-dealkylation sites (N-methyl/N-ethyl adjacent to an activating group) is 1. The molecule has 0 radical (unpaired) electrons. The summed E-state index contributed by atoms with van der Waals surface area (Å²) in [6.45, 7) is 10.6. The maximum Gasteiger partial charge on any atom is 0.317 e. The summed E-state index contributed by atoms with van der Waals surface area (Å²) >= 11 is 0. The van der Waals surface area contributed by atoms with Gasteiger partial charge in [-0.05, 0) is 50.8 Å². The van der Waals surface area contributed by atoms with Gasteiger partial charge in [-0.15, -0.1) is 12.4 Å². The largest absolute Gasteiger partial charge is 0.480 e. The number of aryl methyl sites for hydroxylation is 1. The number of carboxylic acid groups (broad SMARTS) is 1. The van der Waals surface area contributed by atoms with Crippen molar-refractivity contribution in [2.75, 3.05) is 26.2 Å². The number of carbonyl (C=O) groups excluding carboxylic acids is 1. The molecule has 1 heterocycles. The van der Waals surface area contributed by atoms with Gasteiger partial charge in [-0.1, -0.05) is 38.1 Å². The second-order valence-corrected chi connectivity index (χ2v) is 7.73. The zero-order chi connectivity index (χ0) is 20.7. The molecule has 0 saturated carbocycles. The van der Waals surface area contributed by atoms with Crippen LogP contribution in [0, 0.1) is 0 Å². The predicted molar refractivity (Wildman–Crippen MR) is 119 cm³/mol. The molecule has 0 aliphatic carbocycles. The van der Waals surface area contributed by atoms with Crippen molar-refractivity contribution >= 4 is 24.3 Å². The number of rotatable bonds is 9. The number of nitrogens with zero attached hydrogens (tertiary/aromatic N) is 2. The van der Waals surface area contributed by atoms with Gasteiger partial charge in [0, 0.05) is 19.1 Å². The predicted octanol–water partition coefficient (Wildman–Crippen LogP) is 3.11. The van der Waals surface area contributed by atoms with Crippen LogP contribution in [0.1, 0.15) is 57.7 Å². The van der Waals surface area contributed by atoms with Crippen LogP contribution < -0.4 is 5.32 Å². The van der Waals surface area contributed by atoms with Gasteiger partial charge in [-0.25, -0.2) is 0 Å². The molecule has 1 amide bonds. The van der Waals surface area contributed by atoms with Crippen molar-refractivity contribution in [3.63, 3.8) is 0 Å². The molecule has 1 aliphatic heterocycles. The quantitative estimate of drug-likeness (QED) is 0.636. The maximum absolute atomic E-state index is 12.7. The number of carbonyl (C=O) groups is 2. The number of piperidine rings is 1. The van der Waals surface area contributed by atoms with E-state index in [4.69, 9.17) is 5.11 Å². The summed E-state index contributed by atoms with van der Waals surface area (Å²) in [5.74, 6) is -0.735. The third kappa shape index (κ3) is 7.28. The first-order valence-electron chi connectivity index (χ1n) is 10.4. The molecule has 2 atom stereocenters. The normalized spacial score (nSPS) is 17.4. The molecule has 0 aromatic heterocycles. The van der Waals surface area contributed by atoms with Crippen molar-refractivity contribution in [3.8, 4) is 0 Å². The average molecular weight is 426 g/mol. The SMILES string of the molecule is CCc1ccc(C(C)NC(=O)C(C)N2CCC(N(CC)CC(=O)O)CC2)cc1.Cl. The van der Waals surface area contributed by atoms with Gasteiger partial charge in [-0.3, -0.25) is 19.4 Å². The van der Waals surface area contributed by atoms with Crippen LogP contribution in [0.15, 0.2) is 24.3 Å². The van der Waals surface area contributed by atoms with Gasteiger partial charge in [0.05, 0.1) is 18.6 Å². The third-order valence-corrected chi connectivity index (χ3v) is 5.93. The van der Waals surface area contributed by atoms with Gasteiger partial charge >= 0.3 is 5.97 Å². The fourth-order valence-electron chi connectivity index (χ4n) is 3.94. The van der Waals surface area contributed by atoms with E-state index in [1.165, 1.54) is 5.56 Å². The summed E-state index contributed by atoms with van der Waals surface area (Å²) in [6.07, 6.45) is 2.80. The molecule has 2 rings (SSSR count). The lowest BCUT2D eigenvalue weighted by molar-refractivity contribution is -0.139. The number of nitrogens with one attached hydrogen (secondary N) is 1. The van der Waals surface area contributed by atoms with Crippen molar-refractivity contribution in [1.82, 2.24) is 15.1 Å². The summed E-state index contributed by atoms with van der Waals surface area (Å²) in [5, 5.41) is 12.2. The molecular formula is C22H36ClN3O3. The topological polar surface area (TPSA) is 72.9 Å². The lowest BCUT2D eigenvalue weighted by atomic mass is 10.0. The van der Waals surface area contributed by atoms with E-state index >= 15 is 0 Å². The standard InChI is InChI=1S/C22H35N3O3.ClH/c1-5-18-7-9-19(10-8-18)16(3)23-22(28)17(4)25-13-11-20(12-14-25)24(6-2)15-21(26)27;/h7-10,16-17,20H,5-6,11-15H2,1-4H3,(H,23,28)(H,26,27);1H. The molecule has 29 heavy (non-hydrogen) atoms. The molecule has 1 aliphatic rings. The van der Waals surface area contributed by atoms with Crippen LogP contribution in [-0.2, 0) is 16.0 Å². The summed E-state index contributed by atoms with van der Waals surface area (Å²) in [4.78, 5) is 28.0. The van der Waals surface area contributed by atoms with E-state index in [2.05, 4.69) is 41.4 Å². The van der Waals surface area contributed by atoms with Crippen LogP contribution in [0.3, 0.4) is 0 Å². The van der Waals surface area contributed by atoms with Crippen LogP contribution in [0.2, 0.25) is 0 Å².